The normalized spacial score (nSPS) is 13.7. The zero-order valence-electron chi connectivity index (χ0n) is 23.2. The number of benzene rings is 2. The van der Waals surface area contributed by atoms with Crippen molar-refractivity contribution in [1.82, 2.24) is 4.98 Å². The predicted octanol–water partition coefficient (Wildman–Crippen LogP) is 8.95. The molecule has 1 radical (unpaired) electrons. The molecule has 5 rings (SSSR count). The van der Waals surface area contributed by atoms with E-state index in [4.69, 9.17) is 4.42 Å². The zero-order chi connectivity index (χ0) is 26.7. The number of aliphatic hydroxyl groups excluding tert-OH is 1. The molecular weight excluding hydrogens is 651 g/mol. The molecule has 1 aliphatic carbocycles. The van der Waals surface area contributed by atoms with Gasteiger partial charge in [0, 0.05) is 49.6 Å². The van der Waals surface area contributed by atoms with Gasteiger partial charge in [-0.15, -0.1) is 17.7 Å². The Bertz CT molecular complexity index is 1440. The minimum absolute atomic E-state index is 0. The van der Waals surface area contributed by atoms with E-state index >= 15 is 0 Å². The largest absolute Gasteiger partial charge is 0.512 e. The maximum Gasteiger partial charge on any atom is 0.162 e. The molecule has 0 spiro atoms. The number of carbonyl (C=O) groups excluding carboxylic acids is 1. The second-order valence-electron chi connectivity index (χ2n) is 10.4. The monoisotopic (exact) mass is 689 g/mol. The molecule has 0 unspecified atom stereocenters. The van der Waals surface area contributed by atoms with Crippen LogP contribution in [0.3, 0.4) is 0 Å². The first-order valence-corrected chi connectivity index (χ1v) is 13.5. The second kappa shape index (κ2) is 12.4. The third-order valence-corrected chi connectivity index (χ3v) is 7.93. The summed E-state index contributed by atoms with van der Waals surface area (Å²) in [5.41, 5.74) is 6.30. The van der Waals surface area contributed by atoms with Crippen LogP contribution in [-0.4, -0.2) is 15.9 Å². The molecule has 2 heterocycles. The first-order valence-electron chi connectivity index (χ1n) is 13.5. The summed E-state index contributed by atoms with van der Waals surface area (Å²) in [7, 11) is 0. The van der Waals surface area contributed by atoms with Crippen molar-refractivity contribution in [3.63, 3.8) is 0 Å². The van der Waals surface area contributed by atoms with Crippen molar-refractivity contribution >= 4 is 27.7 Å². The number of aromatic nitrogens is 1. The van der Waals surface area contributed by atoms with Gasteiger partial charge in [-0.1, -0.05) is 76.8 Å². The van der Waals surface area contributed by atoms with E-state index in [2.05, 4.69) is 43.1 Å². The molecule has 0 fully saturated rings. The molecule has 4 aromatic rings. The Labute approximate surface area is 239 Å². The summed E-state index contributed by atoms with van der Waals surface area (Å²) in [6, 6.07) is 17.8. The van der Waals surface area contributed by atoms with Crippen molar-refractivity contribution in [2.24, 2.45) is 11.8 Å². The maximum atomic E-state index is 11.7. The van der Waals surface area contributed by atoms with E-state index in [9.17, 15) is 9.90 Å². The van der Waals surface area contributed by atoms with Crippen LogP contribution >= 0.6 is 0 Å². The van der Waals surface area contributed by atoms with Crippen LogP contribution in [0.25, 0.3) is 33.2 Å². The van der Waals surface area contributed by atoms with Gasteiger partial charge in [0.05, 0.1) is 11.3 Å². The molecule has 1 N–H and O–H groups in total. The third kappa shape index (κ3) is 5.37. The van der Waals surface area contributed by atoms with Crippen LogP contribution < -0.4 is 0 Å². The van der Waals surface area contributed by atoms with Gasteiger partial charge in [0.1, 0.15) is 5.58 Å². The molecule has 4 nitrogen and oxygen atoms in total. The standard InChI is InChI=1S/C20H14NO.C13H24O2.Ir/c1-20(2)13-7-4-10-16-18(13)17-12(6-3-9-15(17)22-16)19-14(20)8-5-11-21-19;1-5-10(6-2)12(14)9-13(15)11(7-3)8-4;/h3-5,7-11H,1-2H3;9-11,14H,5-8H2,1-4H3;/q-1;;/b;12-9-;. The summed E-state index contributed by atoms with van der Waals surface area (Å²) in [6.07, 6.45) is 6.76. The average molecular weight is 689 g/mol. The Morgan fingerprint density at radius 2 is 1.58 bits per heavy atom. The van der Waals surface area contributed by atoms with E-state index in [0.717, 1.165) is 53.5 Å². The van der Waals surface area contributed by atoms with E-state index < -0.39 is 0 Å². The topological polar surface area (TPSA) is 63.3 Å². The second-order valence-corrected chi connectivity index (χ2v) is 10.4. The molecule has 38 heavy (non-hydrogen) atoms. The van der Waals surface area contributed by atoms with E-state index in [1.54, 1.807) is 0 Å². The van der Waals surface area contributed by atoms with Gasteiger partial charge in [-0.05, 0) is 54.5 Å². The predicted molar refractivity (Wildman–Crippen MR) is 152 cm³/mol. The number of hydrogen-bond donors (Lipinski definition) is 1. The maximum absolute atomic E-state index is 11.7. The van der Waals surface area contributed by atoms with Crippen molar-refractivity contribution < 1.29 is 34.4 Å². The zero-order valence-corrected chi connectivity index (χ0v) is 25.6. The molecule has 5 heteroatoms. The van der Waals surface area contributed by atoms with Gasteiger partial charge in [0.2, 0.25) is 0 Å². The van der Waals surface area contributed by atoms with Crippen molar-refractivity contribution in [1.29, 1.82) is 0 Å². The summed E-state index contributed by atoms with van der Waals surface area (Å²) in [6.45, 7) is 12.6. The fourth-order valence-electron chi connectivity index (χ4n) is 5.55. The molecule has 2 aromatic carbocycles. The van der Waals surface area contributed by atoms with E-state index in [-0.39, 0.29) is 48.9 Å². The Hall–Kier alpha value is -2.75. The van der Waals surface area contributed by atoms with Crippen LogP contribution in [0.4, 0.5) is 0 Å². The number of fused-ring (bicyclic) bond motifs is 2. The smallest absolute Gasteiger partial charge is 0.162 e. The fourth-order valence-corrected chi connectivity index (χ4v) is 5.55. The number of carbonyl (C=O) groups is 1. The summed E-state index contributed by atoms with van der Waals surface area (Å²) in [5.74, 6) is 0.547. The Balaban J connectivity index is 0.000000223. The van der Waals surface area contributed by atoms with E-state index in [1.165, 1.54) is 22.6 Å². The van der Waals surface area contributed by atoms with Gasteiger partial charge in [-0.3, -0.25) is 4.79 Å². The summed E-state index contributed by atoms with van der Waals surface area (Å²) >= 11 is 0. The van der Waals surface area contributed by atoms with Crippen LogP contribution in [0, 0.1) is 17.9 Å². The van der Waals surface area contributed by atoms with Crippen molar-refractivity contribution in [3.05, 3.63) is 77.7 Å². The third-order valence-electron chi connectivity index (χ3n) is 7.93. The van der Waals surface area contributed by atoms with Gasteiger partial charge in [-0.25, -0.2) is 0 Å². The Morgan fingerprint density at radius 1 is 0.947 bits per heavy atom. The minimum atomic E-state index is -0.132. The van der Waals surface area contributed by atoms with Crippen LogP contribution in [0.15, 0.2) is 64.9 Å². The SMILES string of the molecule is CC1(C)c2cccnc2-c2[c-]ccc3oc4cccc1c4c23.CCC(CC)C(=O)/C=C(\O)C(CC)CC.[Ir]. The number of aliphatic hydroxyl groups is 1. The van der Waals surface area contributed by atoms with Gasteiger partial charge in [-0.2, -0.15) is 0 Å². The Morgan fingerprint density at radius 3 is 2.24 bits per heavy atom. The molecule has 1 aliphatic rings. The van der Waals surface area contributed by atoms with Gasteiger partial charge < -0.3 is 14.5 Å². The van der Waals surface area contributed by atoms with Crippen LogP contribution in [0.1, 0.15) is 78.4 Å². The number of pyridine rings is 1. The van der Waals surface area contributed by atoms with Crippen molar-refractivity contribution in [3.8, 4) is 11.3 Å². The van der Waals surface area contributed by atoms with Gasteiger partial charge in [0.25, 0.3) is 0 Å². The number of hydrogen-bond acceptors (Lipinski definition) is 4. The summed E-state index contributed by atoms with van der Waals surface area (Å²) < 4.78 is 6.07. The number of allylic oxidation sites excluding steroid dienone is 2. The minimum Gasteiger partial charge on any atom is -0.512 e. The molecule has 203 valence electrons. The van der Waals surface area contributed by atoms with Crippen LogP contribution in [-0.2, 0) is 30.3 Å². The molecule has 0 saturated carbocycles. The molecule has 0 saturated heterocycles. The van der Waals surface area contributed by atoms with Crippen molar-refractivity contribution in [2.75, 3.05) is 0 Å². The first-order chi connectivity index (χ1) is 17.8. The molecule has 0 atom stereocenters. The molecular formula is C33H38IrNO3-. The summed E-state index contributed by atoms with van der Waals surface area (Å²) in [5, 5.41) is 12.1. The molecule has 0 amide bonds. The number of ketones is 1. The number of furan rings is 1. The van der Waals surface area contributed by atoms with Gasteiger partial charge >= 0.3 is 0 Å². The van der Waals surface area contributed by atoms with E-state index in [1.807, 2.05) is 58.2 Å². The number of rotatable bonds is 7. The fraction of sp³-hybridized carbons (Fsp3) is 0.394. The van der Waals surface area contributed by atoms with Gasteiger partial charge in [0.15, 0.2) is 5.78 Å². The molecule has 2 aromatic heterocycles. The molecule has 0 bridgehead atoms. The van der Waals surface area contributed by atoms with Crippen LogP contribution in [0.5, 0.6) is 0 Å². The molecule has 0 aliphatic heterocycles. The Kier molecular flexibility index (Phi) is 9.73. The quantitative estimate of drug-likeness (QED) is 0.120. The first kappa shape index (κ1) is 29.8. The summed E-state index contributed by atoms with van der Waals surface area (Å²) in [4.78, 5) is 16.4. The van der Waals surface area contributed by atoms with Crippen LogP contribution in [0.2, 0.25) is 0 Å². The average Bonchev–Trinajstić information content (AvgIpc) is 3.25. The van der Waals surface area contributed by atoms with E-state index in [0.29, 0.717) is 0 Å². The van der Waals surface area contributed by atoms with Crippen molar-refractivity contribution in [2.45, 2.75) is 72.6 Å². The number of nitrogens with zero attached hydrogens (tertiary/aromatic N) is 1.